The zero-order valence-corrected chi connectivity index (χ0v) is 19.0. The van der Waals surface area contributed by atoms with E-state index in [-0.39, 0.29) is 30.7 Å². The van der Waals surface area contributed by atoms with E-state index >= 15 is 0 Å². The first-order chi connectivity index (χ1) is 16.0. The lowest BCUT2D eigenvalue weighted by atomic mass is 10.1. The summed E-state index contributed by atoms with van der Waals surface area (Å²) in [5.41, 5.74) is 1.68. The molecule has 174 valence electrons. The van der Waals surface area contributed by atoms with Crippen molar-refractivity contribution < 1.29 is 23.9 Å². The van der Waals surface area contributed by atoms with E-state index in [4.69, 9.17) is 9.47 Å². The van der Waals surface area contributed by atoms with Crippen LogP contribution in [0.25, 0.3) is 0 Å². The van der Waals surface area contributed by atoms with Gasteiger partial charge in [-0.15, -0.1) is 0 Å². The second kappa shape index (κ2) is 9.94. The number of piperidine rings is 1. The first-order valence-electron chi connectivity index (χ1n) is 11.2. The summed E-state index contributed by atoms with van der Waals surface area (Å²) in [5.74, 6) is 0.190. The maximum absolute atomic E-state index is 13.0. The number of carbonyl (C=O) groups is 3. The van der Waals surface area contributed by atoms with Crippen molar-refractivity contribution in [2.45, 2.75) is 25.7 Å². The highest BCUT2D eigenvalue weighted by Crippen LogP contribution is 2.36. The third kappa shape index (κ3) is 4.94. The number of nitrogens with zero attached hydrogens (tertiary/aromatic N) is 2. The molecule has 0 spiro atoms. The molecule has 2 fully saturated rings. The summed E-state index contributed by atoms with van der Waals surface area (Å²) in [6.45, 7) is 1.77. The summed E-state index contributed by atoms with van der Waals surface area (Å²) in [7, 11) is 3.09. The Hall–Kier alpha value is -3.55. The quantitative estimate of drug-likeness (QED) is 0.728. The molecule has 33 heavy (non-hydrogen) atoms. The Labute approximate surface area is 193 Å². The lowest BCUT2D eigenvalue weighted by Gasteiger charge is -2.26. The van der Waals surface area contributed by atoms with Crippen molar-refractivity contribution >= 4 is 29.1 Å². The van der Waals surface area contributed by atoms with Crippen molar-refractivity contribution in [3.8, 4) is 11.5 Å². The van der Waals surface area contributed by atoms with Crippen molar-refractivity contribution in [2.75, 3.05) is 44.1 Å². The van der Waals surface area contributed by atoms with Gasteiger partial charge in [-0.1, -0.05) is 6.07 Å². The number of methoxy groups -OCH3 is 2. The van der Waals surface area contributed by atoms with Crippen LogP contribution < -0.4 is 19.7 Å². The highest BCUT2D eigenvalue weighted by Gasteiger charge is 2.36. The number of carbonyl (C=O) groups excluding carboxylic acids is 3. The zero-order chi connectivity index (χ0) is 23.4. The van der Waals surface area contributed by atoms with Gasteiger partial charge in [0, 0.05) is 43.4 Å². The van der Waals surface area contributed by atoms with Crippen molar-refractivity contribution in [1.82, 2.24) is 4.90 Å². The molecule has 0 bridgehead atoms. The minimum atomic E-state index is -0.519. The average Bonchev–Trinajstić information content (AvgIpc) is 3.25. The van der Waals surface area contributed by atoms with Crippen molar-refractivity contribution in [1.29, 1.82) is 0 Å². The molecule has 2 aliphatic heterocycles. The van der Waals surface area contributed by atoms with E-state index in [9.17, 15) is 14.4 Å². The monoisotopic (exact) mass is 451 g/mol. The van der Waals surface area contributed by atoms with Gasteiger partial charge in [0.1, 0.15) is 11.5 Å². The first-order valence-corrected chi connectivity index (χ1v) is 11.2. The standard InChI is InChI=1S/C25H29N3O5/c1-32-20-9-10-22(33-2)21(15-20)28-16-18(14-23(28)29)24(30)26-19-8-6-7-17(13-19)25(31)27-11-4-3-5-12-27/h6-10,13,15,18H,3-5,11-12,14,16H2,1-2H3,(H,26,30). The van der Waals surface area contributed by atoms with Crippen molar-refractivity contribution in [2.24, 2.45) is 5.92 Å². The fourth-order valence-corrected chi connectivity index (χ4v) is 4.38. The van der Waals surface area contributed by atoms with E-state index in [1.807, 2.05) is 4.90 Å². The highest BCUT2D eigenvalue weighted by atomic mass is 16.5. The third-order valence-electron chi connectivity index (χ3n) is 6.19. The molecule has 2 aliphatic rings. The van der Waals surface area contributed by atoms with Crippen LogP contribution in [-0.2, 0) is 9.59 Å². The van der Waals surface area contributed by atoms with Crippen molar-refractivity contribution in [3.63, 3.8) is 0 Å². The summed E-state index contributed by atoms with van der Waals surface area (Å²) in [5, 5.41) is 2.88. The van der Waals surface area contributed by atoms with Crippen LogP contribution in [0.2, 0.25) is 0 Å². The molecular formula is C25H29N3O5. The van der Waals surface area contributed by atoms with Gasteiger partial charge in [0.05, 0.1) is 25.8 Å². The van der Waals surface area contributed by atoms with E-state index in [1.54, 1.807) is 54.5 Å². The number of benzene rings is 2. The highest BCUT2D eigenvalue weighted by molar-refractivity contribution is 6.04. The number of hydrogen-bond donors (Lipinski definition) is 1. The van der Waals surface area contributed by atoms with Gasteiger partial charge in [-0.05, 0) is 49.6 Å². The number of likely N-dealkylation sites (tertiary alicyclic amines) is 1. The third-order valence-corrected chi connectivity index (χ3v) is 6.19. The van der Waals surface area contributed by atoms with Gasteiger partial charge in [-0.3, -0.25) is 14.4 Å². The normalized spacial score (nSPS) is 18.2. The Kier molecular flexibility index (Phi) is 6.82. The van der Waals surface area contributed by atoms with Crippen LogP contribution in [0.1, 0.15) is 36.0 Å². The van der Waals surface area contributed by atoms with Gasteiger partial charge < -0.3 is 24.6 Å². The molecule has 2 aromatic carbocycles. The maximum atomic E-state index is 13.0. The Balaban J connectivity index is 1.45. The second-order valence-corrected chi connectivity index (χ2v) is 8.37. The van der Waals surface area contributed by atoms with Crippen LogP contribution in [0.4, 0.5) is 11.4 Å². The van der Waals surface area contributed by atoms with Gasteiger partial charge in [0.25, 0.3) is 5.91 Å². The fraction of sp³-hybridized carbons (Fsp3) is 0.400. The molecule has 0 radical (unpaired) electrons. The summed E-state index contributed by atoms with van der Waals surface area (Å²) < 4.78 is 10.7. The van der Waals surface area contributed by atoms with Crippen molar-refractivity contribution in [3.05, 3.63) is 48.0 Å². The fourth-order valence-electron chi connectivity index (χ4n) is 4.38. The molecule has 4 rings (SSSR count). The molecule has 0 saturated carbocycles. The zero-order valence-electron chi connectivity index (χ0n) is 19.0. The molecular weight excluding hydrogens is 422 g/mol. The van der Waals surface area contributed by atoms with E-state index in [0.29, 0.717) is 28.4 Å². The van der Waals surface area contributed by atoms with E-state index in [2.05, 4.69) is 5.32 Å². The van der Waals surface area contributed by atoms with Crippen LogP contribution in [0.5, 0.6) is 11.5 Å². The molecule has 2 heterocycles. The number of nitrogens with one attached hydrogen (secondary N) is 1. The lowest BCUT2D eigenvalue weighted by Crippen LogP contribution is -2.35. The van der Waals surface area contributed by atoms with E-state index in [1.165, 1.54) is 7.11 Å². The summed E-state index contributed by atoms with van der Waals surface area (Å²) in [4.78, 5) is 41.9. The van der Waals surface area contributed by atoms with Crippen LogP contribution >= 0.6 is 0 Å². The van der Waals surface area contributed by atoms with Gasteiger partial charge >= 0.3 is 0 Å². The number of rotatable bonds is 6. The smallest absolute Gasteiger partial charge is 0.253 e. The topological polar surface area (TPSA) is 88.2 Å². The minimum absolute atomic E-state index is 0.0156. The number of hydrogen-bond acceptors (Lipinski definition) is 5. The Bertz CT molecular complexity index is 1050. The molecule has 0 aromatic heterocycles. The van der Waals surface area contributed by atoms with Crippen LogP contribution in [-0.4, -0.2) is 56.5 Å². The summed E-state index contributed by atoms with van der Waals surface area (Å²) >= 11 is 0. The maximum Gasteiger partial charge on any atom is 0.253 e. The van der Waals surface area contributed by atoms with E-state index < -0.39 is 5.92 Å². The molecule has 1 N–H and O–H groups in total. The molecule has 8 nitrogen and oxygen atoms in total. The predicted octanol–water partition coefficient (Wildman–Crippen LogP) is 3.32. The summed E-state index contributed by atoms with van der Waals surface area (Å²) in [6.07, 6.45) is 3.29. The molecule has 8 heteroatoms. The average molecular weight is 452 g/mol. The molecule has 3 amide bonds. The van der Waals surface area contributed by atoms with Gasteiger partial charge in [0.2, 0.25) is 11.8 Å². The minimum Gasteiger partial charge on any atom is -0.497 e. The largest absolute Gasteiger partial charge is 0.497 e. The van der Waals surface area contributed by atoms with Crippen LogP contribution in [0, 0.1) is 5.92 Å². The van der Waals surface area contributed by atoms with Gasteiger partial charge in [0.15, 0.2) is 0 Å². The van der Waals surface area contributed by atoms with Gasteiger partial charge in [-0.2, -0.15) is 0 Å². The Morgan fingerprint density at radius 2 is 1.79 bits per heavy atom. The Morgan fingerprint density at radius 1 is 1.00 bits per heavy atom. The molecule has 2 aromatic rings. The number of anilines is 2. The predicted molar refractivity (Wildman–Crippen MR) is 125 cm³/mol. The summed E-state index contributed by atoms with van der Waals surface area (Å²) in [6, 6.07) is 12.2. The molecule has 2 saturated heterocycles. The number of amides is 3. The molecule has 1 unspecified atom stereocenters. The lowest BCUT2D eigenvalue weighted by molar-refractivity contribution is -0.122. The number of ether oxygens (including phenoxy) is 2. The van der Waals surface area contributed by atoms with Gasteiger partial charge in [-0.25, -0.2) is 0 Å². The van der Waals surface area contributed by atoms with Crippen LogP contribution in [0.3, 0.4) is 0 Å². The first kappa shape index (κ1) is 22.6. The van der Waals surface area contributed by atoms with E-state index in [0.717, 1.165) is 32.4 Å². The Morgan fingerprint density at radius 3 is 2.52 bits per heavy atom. The second-order valence-electron chi connectivity index (χ2n) is 8.37. The van der Waals surface area contributed by atoms with Crippen LogP contribution in [0.15, 0.2) is 42.5 Å². The molecule has 1 atom stereocenters. The molecule has 0 aliphatic carbocycles. The SMILES string of the molecule is COc1ccc(OC)c(N2CC(C(=O)Nc3cccc(C(=O)N4CCCCC4)c3)CC2=O)c1.